The molecule has 1 aromatic carbocycles. The maximum atomic E-state index is 12.3. The van der Waals surface area contributed by atoms with Crippen LogP contribution >= 0.6 is 0 Å². The molecule has 1 N–H and O–H groups in total. The van der Waals surface area contributed by atoms with Gasteiger partial charge in [0.1, 0.15) is 11.4 Å². The highest BCUT2D eigenvalue weighted by Crippen LogP contribution is 2.28. The zero-order valence-electron chi connectivity index (χ0n) is 28.3. The molecule has 1 saturated heterocycles. The first-order valence-corrected chi connectivity index (χ1v) is 16.5. The van der Waals surface area contributed by atoms with Gasteiger partial charge >= 0.3 is 17.9 Å². The van der Waals surface area contributed by atoms with E-state index in [9.17, 15) is 19.5 Å². The van der Waals surface area contributed by atoms with Crippen molar-refractivity contribution in [1.82, 2.24) is 19.8 Å². The number of methoxy groups -OCH3 is 2. The van der Waals surface area contributed by atoms with Crippen LogP contribution in [0.5, 0.6) is 0 Å². The first kappa shape index (κ1) is 37.5. The third-order valence-corrected chi connectivity index (χ3v) is 8.10. The van der Waals surface area contributed by atoms with Gasteiger partial charge in [0.2, 0.25) is 0 Å². The molecule has 1 unspecified atom stereocenters. The van der Waals surface area contributed by atoms with Crippen molar-refractivity contribution in [2.24, 2.45) is 0 Å². The molecule has 2 aromatic heterocycles. The van der Waals surface area contributed by atoms with E-state index in [1.165, 1.54) is 14.2 Å². The van der Waals surface area contributed by atoms with Crippen LogP contribution < -0.4 is 0 Å². The van der Waals surface area contributed by atoms with Crippen LogP contribution in [0.3, 0.4) is 0 Å². The largest absolute Gasteiger partial charge is 0.478 e. The molecule has 0 saturated carbocycles. The number of benzene rings is 1. The second kappa shape index (κ2) is 20.3. The van der Waals surface area contributed by atoms with Gasteiger partial charge in [-0.3, -0.25) is 9.80 Å². The molecule has 1 aliphatic heterocycles. The average Bonchev–Trinajstić information content (AvgIpc) is 3.12. The summed E-state index contributed by atoms with van der Waals surface area (Å²) in [5.74, 6) is -2.01. The number of rotatable bonds is 8. The lowest BCUT2D eigenvalue weighted by Gasteiger charge is -2.32. The Kier molecular flexibility index (Phi) is 15.5. The molecular formula is C36H46N4O9. The van der Waals surface area contributed by atoms with E-state index in [1.807, 2.05) is 18.2 Å². The SMILES string of the molecule is COC(=O)c1cccc(CN2CCCCCOCCN(C(c3ccc(C(=O)O)cc3)c3cccc(C(=O)OC)n3)CCOCCOCC2)n1. The fraction of sp³-hybridized carbons (Fsp3) is 0.472. The normalized spacial score (nSPS) is 17.3. The Bertz CT molecular complexity index is 1470. The van der Waals surface area contributed by atoms with Crippen molar-refractivity contribution >= 4 is 17.9 Å². The van der Waals surface area contributed by atoms with Gasteiger partial charge < -0.3 is 28.8 Å². The van der Waals surface area contributed by atoms with Gasteiger partial charge in [-0.2, -0.15) is 0 Å². The van der Waals surface area contributed by atoms with E-state index >= 15 is 0 Å². The number of ether oxygens (including phenoxy) is 5. The molecule has 3 aromatic rings. The molecule has 3 heterocycles. The minimum atomic E-state index is -1.01. The molecule has 0 amide bonds. The summed E-state index contributed by atoms with van der Waals surface area (Å²) >= 11 is 0. The lowest BCUT2D eigenvalue weighted by atomic mass is 9.99. The van der Waals surface area contributed by atoms with Crippen molar-refractivity contribution in [2.45, 2.75) is 31.8 Å². The number of pyridine rings is 2. The minimum absolute atomic E-state index is 0.178. The van der Waals surface area contributed by atoms with Crippen LogP contribution in [-0.2, 0) is 30.2 Å². The zero-order valence-corrected chi connectivity index (χ0v) is 28.3. The lowest BCUT2D eigenvalue weighted by molar-refractivity contribution is 0.0210. The minimum Gasteiger partial charge on any atom is -0.478 e. The summed E-state index contributed by atoms with van der Waals surface area (Å²) in [6.45, 7) is 6.01. The van der Waals surface area contributed by atoms with Gasteiger partial charge in [-0.05, 0) is 67.8 Å². The quantitative estimate of drug-likeness (QED) is 0.344. The average molecular weight is 679 g/mol. The second-order valence-corrected chi connectivity index (χ2v) is 11.5. The van der Waals surface area contributed by atoms with Gasteiger partial charge in [0.25, 0.3) is 0 Å². The van der Waals surface area contributed by atoms with Gasteiger partial charge in [-0.15, -0.1) is 0 Å². The van der Waals surface area contributed by atoms with Crippen molar-refractivity contribution in [2.75, 3.05) is 80.0 Å². The smallest absolute Gasteiger partial charge is 0.356 e. The van der Waals surface area contributed by atoms with E-state index in [1.54, 1.807) is 42.5 Å². The summed E-state index contributed by atoms with van der Waals surface area (Å²) < 4.78 is 27.7. The van der Waals surface area contributed by atoms with Gasteiger partial charge in [0.05, 0.1) is 70.2 Å². The van der Waals surface area contributed by atoms with Crippen LogP contribution in [0.4, 0.5) is 0 Å². The Labute approximate surface area is 287 Å². The van der Waals surface area contributed by atoms with Crippen molar-refractivity contribution in [3.8, 4) is 0 Å². The molecule has 1 fully saturated rings. The molecular weight excluding hydrogens is 632 g/mol. The molecule has 0 bridgehead atoms. The number of nitrogens with zero attached hydrogens (tertiary/aromatic N) is 4. The van der Waals surface area contributed by atoms with Crippen molar-refractivity contribution in [1.29, 1.82) is 0 Å². The van der Waals surface area contributed by atoms with E-state index in [2.05, 4.69) is 19.8 Å². The molecule has 4 rings (SSSR count). The maximum Gasteiger partial charge on any atom is 0.356 e. The molecule has 13 heteroatoms. The van der Waals surface area contributed by atoms with Crippen molar-refractivity contribution in [3.05, 3.63) is 94.6 Å². The summed E-state index contributed by atoms with van der Waals surface area (Å²) in [6, 6.07) is 16.9. The molecule has 264 valence electrons. The third kappa shape index (κ3) is 12.0. The van der Waals surface area contributed by atoms with Crippen LogP contribution in [-0.4, -0.2) is 123 Å². The fourth-order valence-corrected chi connectivity index (χ4v) is 5.55. The Morgan fingerprint density at radius 3 is 1.98 bits per heavy atom. The Morgan fingerprint density at radius 1 is 0.714 bits per heavy atom. The van der Waals surface area contributed by atoms with Crippen molar-refractivity contribution < 1.29 is 43.2 Å². The molecule has 49 heavy (non-hydrogen) atoms. The third-order valence-electron chi connectivity index (χ3n) is 8.10. The highest BCUT2D eigenvalue weighted by atomic mass is 16.5. The molecule has 0 spiro atoms. The number of carbonyl (C=O) groups is 3. The molecule has 13 nitrogen and oxygen atoms in total. The van der Waals surface area contributed by atoms with E-state index in [0.29, 0.717) is 77.2 Å². The molecule has 0 aliphatic carbocycles. The molecule has 1 aliphatic rings. The van der Waals surface area contributed by atoms with Crippen LogP contribution in [0.15, 0.2) is 60.7 Å². The number of aromatic carboxylic acids is 1. The summed E-state index contributed by atoms with van der Waals surface area (Å²) in [4.78, 5) is 49.4. The number of carbonyl (C=O) groups excluding carboxylic acids is 2. The summed E-state index contributed by atoms with van der Waals surface area (Å²) in [7, 11) is 2.66. The Balaban J connectivity index is 1.43. The number of hydrogen-bond acceptors (Lipinski definition) is 12. The Hall–Kier alpha value is -4.27. The van der Waals surface area contributed by atoms with Crippen LogP contribution in [0.1, 0.15) is 73.6 Å². The number of hydrogen-bond donors (Lipinski definition) is 1. The predicted octanol–water partition coefficient (Wildman–Crippen LogP) is 3.88. The lowest BCUT2D eigenvalue weighted by Crippen LogP contribution is -2.36. The van der Waals surface area contributed by atoms with E-state index < -0.39 is 23.9 Å². The Morgan fingerprint density at radius 2 is 1.33 bits per heavy atom. The van der Waals surface area contributed by atoms with Crippen LogP contribution in [0, 0.1) is 0 Å². The predicted molar refractivity (Wildman–Crippen MR) is 180 cm³/mol. The summed E-state index contributed by atoms with van der Waals surface area (Å²) in [5.41, 5.74) is 2.89. The van der Waals surface area contributed by atoms with Gasteiger partial charge in [0.15, 0.2) is 0 Å². The maximum absolute atomic E-state index is 12.3. The van der Waals surface area contributed by atoms with Gasteiger partial charge in [-0.1, -0.05) is 24.3 Å². The number of aromatic nitrogens is 2. The second-order valence-electron chi connectivity index (χ2n) is 11.5. The highest BCUT2D eigenvalue weighted by molar-refractivity contribution is 5.88. The summed E-state index contributed by atoms with van der Waals surface area (Å²) in [5, 5.41) is 9.46. The van der Waals surface area contributed by atoms with Gasteiger partial charge in [0, 0.05) is 32.8 Å². The number of carboxylic acid groups (broad SMARTS) is 1. The topological polar surface area (TPSA) is 150 Å². The van der Waals surface area contributed by atoms with E-state index in [0.717, 1.165) is 37.1 Å². The van der Waals surface area contributed by atoms with Crippen LogP contribution in [0.2, 0.25) is 0 Å². The zero-order chi connectivity index (χ0) is 34.8. The molecule has 1 atom stereocenters. The number of esters is 2. The van der Waals surface area contributed by atoms with E-state index in [-0.39, 0.29) is 11.3 Å². The standard InChI is InChI=1S/C36H46N4O9/c1-45-35(43)31-10-6-8-29(37-31)26-39-16-4-3-5-20-47-22-18-40(19-23-49-25-24-48-21-17-39)33(27-12-14-28(15-13-27)34(41)42)30-9-7-11-32(38-30)36(44)46-2/h6-15,33H,3-5,16-26H2,1-2H3,(H,41,42). The van der Waals surface area contributed by atoms with Crippen molar-refractivity contribution in [3.63, 3.8) is 0 Å². The van der Waals surface area contributed by atoms with Gasteiger partial charge in [-0.25, -0.2) is 24.4 Å². The first-order valence-electron chi connectivity index (χ1n) is 16.5. The summed E-state index contributed by atoms with van der Waals surface area (Å²) in [6.07, 6.45) is 2.84. The first-order chi connectivity index (χ1) is 23.9. The fourth-order valence-electron chi connectivity index (χ4n) is 5.55. The van der Waals surface area contributed by atoms with Crippen LogP contribution in [0.25, 0.3) is 0 Å². The monoisotopic (exact) mass is 678 g/mol. The molecule has 0 radical (unpaired) electrons. The number of carboxylic acids is 1. The highest BCUT2D eigenvalue weighted by Gasteiger charge is 2.25. The van der Waals surface area contributed by atoms with E-state index in [4.69, 9.17) is 23.7 Å².